The second-order valence-electron chi connectivity index (χ2n) is 8.56. The van der Waals surface area contributed by atoms with Gasteiger partial charge < -0.3 is 15.0 Å². The molecule has 2 aromatic carbocycles. The van der Waals surface area contributed by atoms with Crippen molar-refractivity contribution >= 4 is 16.8 Å². The van der Waals surface area contributed by atoms with Crippen molar-refractivity contribution < 1.29 is 22.7 Å². The second kappa shape index (κ2) is 10.9. The van der Waals surface area contributed by atoms with E-state index in [9.17, 15) is 18.0 Å². The maximum absolute atomic E-state index is 12.9. The number of piperidine rings is 1. The smallest absolute Gasteiger partial charge is 0.416 e. The summed E-state index contributed by atoms with van der Waals surface area (Å²) in [5.41, 5.74) is 0.732. The van der Waals surface area contributed by atoms with Gasteiger partial charge in [-0.1, -0.05) is 24.3 Å². The number of carbonyl (C=O) groups is 1. The third-order valence-electron chi connectivity index (χ3n) is 6.04. The Morgan fingerprint density at radius 3 is 2.65 bits per heavy atom. The molecule has 1 aromatic heterocycles. The Labute approximate surface area is 196 Å². The van der Waals surface area contributed by atoms with Crippen LogP contribution in [0.3, 0.4) is 0 Å². The summed E-state index contributed by atoms with van der Waals surface area (Å²) in [6.45, 7) is 3.21. The maximum atomic E-state index is 12.9. The van der Waals surface area contributed by atoms with Crippen LogP contribution in [0.4, 0.5) is 13.2 Å². The van der Waals surface area contributed by atoms with Gasteiger partial charge in [-0.25, -0.2) is 0 Å². The molecule has 0 aliphatic carbocycles. The quantitative estimate of drug-likeness (QED) is 0.453. The Morgan fingerprint density at radius 2 is 1.85 bits per heavy atom. The molecule has 0 bridgehead atoms. The Kier molecular flexibility index (Phi) is 7.67. The standard InChI is InChI=1S/C26H28F3N3O2/c27-26(28,29)21-7-5-8-23(17-21)34-22-10-14-32(15-11-22)13-4-3-12-30-25(33)20-16-19-6-1-2-9-24(19)31-18-20/h1-2,5-9,16-18,22H,3-4,10-15H2,(H,30,33). The van der Waals surface area contributed by atoms with Gasteiger partial charge in [-0.2, -0.15) is 13.2 Å². The van der Waals surface area contributed by atoms with Gasteiger partial charge in [-0.3, -0.25) is 9.78 Å². The lowest BCUT2D eigenvalue weighted by atomic mass is 10.1. The highest BCUT2D eigenvalue weighted by Crippen LogP contribution is 2.32. The van der Waals surface area contributed by atoms with Gasteiger partial charge in [0.05, 0.1) is 16.6 Å². The number of hydrogen-bond acceptors (Lipinski definition) is 4. The number of pyridine rings is 1. The highest BCUT2D eigenvalue weighted by molar-refractivity contribution is 5.97. The Bertz CT molecular complexity index is 1110. The van der Waals surface area contributed by atoms with E-state index in [-0.39, 0.29) is 17.8 Å². The summed E-state index contributed by atoms with van der Waals surface area (Å²) in [4.78, 5) is 19.0. The summed E-state index contributed by atoms with van der Waals surface area (Å²) in [6, 6.07) is 14.6. The molecule has 0 unspecified atom stereocenters. The first-order chi connectivity index (χ1) is 16.4. The third-order valence-corrected chi connectivity index (χ3v) is 6.04. The van der Waals surface area contributed by atoms with Crippen LogP contribution in [0.5, 0.6) is 5.75 Å². The van der Waals surface area contributed by atoms with Crippen molar-refractivity contribution in [1.82, 2.24) is 15.2 Å². The number of ether oxygens (including phenoxy) is 1. The van der Waals surface area contributed by atoms with E-state index in [1.54, 1.807) is 12.3 Å². The zero-order chi connectivity index (χ0) is 24.0. The summed E-state index contributed by atoms with van der Waals surface area (Å²) in [6.07, 6.45) is 0.541. The molecule has 5 nitrogen and oxygen atoms in total. The number of nitrogens with zero attached hydrogens (tertiary/aromatic N) is 2. The van der Waals surface area contributed by atoms with Crippen LogP contribution in [-0.4, -0.2) is 48.1 Å². The van der Waals surface area contributed by atoms with Gasteiger partial charge in [0.2, 0.25) is 0 Å². The van der Waals surface area contributed by atoms with Gasteiger partial charge >= 0.3 is 6.18 Å². The Morgan fingerprint density at radius 1 is 1.06 bits per heavy atom. The highest BCUT2D eigenvalue weighted by atomic mass is 19.4. The predicted octanol–water partition coefficient (Wildman–Crippen LogP) is 5.31. The molecular weight excluding hydrogens is 443 g/mol. The predicted molar refractivity (Wildman–Crippen MR) is 125 cm³/mol. The molecule has 0 saturated carbocycles. The van der Waals surface area contributed by atoms with Crippen LogP contribution in [0.15, 0.2) is 60.8 Å². The first-order valence-electron chi connectivity index (χ1n) is 11.6. The molecule has 0 spiro atoms. The monoisotopic (exact) mass is 471 g/mol. The number of alkyl halides is 3. The number of amides is 1. The molecule has 180 valence electrons. The van der Waals surface area contributed by atoms with Crippen LogP contribution < -0.4 is 10.1 Å². The van der Waals surface area contributed by atoms with E-state index >= 15 is 0 Å². The lowest BCUT2D eigenvalue weighted by Gasteiger charge is -2.32. The van der Waals surface area contributed by atoms with Crippen molar-refractivity contribution in [3.8, 4) is 5.75 Å². The highest BCUT2D eigenvalue weighted by Gasteiger charge is 2.31. The first kappa shape index (κ1) is 24.0. The van der Waals surface area contributed by atoms with Crippen LogP contribution in [0.25, 0.3) is 10.9 Å². The lowest BCUT2D eigenvalue weighted by Crippen LogP contribution is -2.39. The van der Waals surface area contributed by atoms with Crippen molar-refractivity contribution in [2.24, 2.45) is 0 Å². The molecule has 1 aliphatic heterocycles. The number of hydrogen-bond donors (Lipinski definition) is 1. The SMILES string of the molecule is O=C(NCCCCN1CCC(Oc2cccc(C(F)(F)F)c2)CC1)c1cnc2ccccc2c1. The lowest BCUT2D eigenvalue weighted by molar-refractivity contribution is -0.137. The molecule has 1 N–H and O–H groups in total. The van der Waals surface area contributed by atoms with Crippen molar-refractivity contribution in [1.29, 1.82) is 0 Å². The topological polar surface area (TPSA) is 54.5 Å². The number of fused-ring (bicyclic) bond motifs is 1. The van der Waals surface area contributed by atoms with Gasteiger partial charge in [0.15, 0.2) is 0 Å². The van der Waals surface area contributed by atoms with Crippen LogP contribution in [0, 0.1) is 0 Å². The molecule has 4 rings (SSSR count). The number of likely N-dealkylation sites (tertiary alicyclic amines) is 1. The number of carbonyl (C=O) groups excluding carboxylic acids is 1. The first-order valence-corrected chi connectivity index (χ1v) is 11.6. The summed E-state index contributed by atoms with van der Waals surface area (Å²) in [5.74, 6) is 0.149. The minimum atomic E-state index is -4.37. The average Bonchev–Trinajstić information content (AvgIpc) is 2.84. The summed E-state index contributed by atoms with van der Waals surface area (Å²) in [7, 11) is 0. The van der Waals surface area contributed by atoms with E-state index in [2.05, 4.69) is 15.2 Å². The molecule has 1 saturated heterocycles. The van der Waals surface area contributed by atoms with E-state index < -0.39 is 11.7 Å². The number of rotatable bonds is 8. The fourth-order valence-electron chi connectivity index (χ4n) is 4.15. The minimum Gasteiger partial charge on any atom is -0.490 e. The average molecular weight is 472 g/mol. The summed E-state index contributed by atoms with van der Waals surface area (Å²) in [5, 5.41) is 3.89. The number of unbranched alkanes of at least 4 members (excludes halogenated alkanes) is 1. The second-order valence-corrected chi connectivity index (χ2v) is 8.56. The molecule has 0 radical (unpaired) electrons. The molecule has 1 fully saturated rings. The van der Waals surface area contributed by atoms with Gasteiger partial charge in [0.25, 0.3) is 5.91 Å². The zero-order valence-electron chi connectivity index (χ0n) is 18.9. The molecule has 0 atom stereocenters. The largest absolute Gasteiger partial charge is 0.490 e. The third kappa shape index (κ3) is 6.47. The van der Waals surface area contributed by atoms with Crippen molar-refractivity contribution in [3.63, 3.8) is 0 Å². The van der Waals surface area contributed by atoms with E-state index in [0.29, 0.717) is 12.1 Å². The van der Waals surface area contributed by atoms with Crippen molar-refractivity contribution in [2.75, 3.05) is 26.2 Å². The van der Waals surface area contributed by atoms with Gasteiger partial charge in [0.1, 0.15) is 11.9 Å². The van der Waals surface area contributed by atoms with E-state index in [1.165, 1.54) is 6.07 Å². The fraction of sp³-hybridized carbons (Fsp3) is 0.385. The number of halogens is 3. The molecule has 34 heavy (non-hydrogen) atoms. The summed E-state index contributed by atoms with van der Waals surface area (Å²) >= 11 is 0. The fourth-order valence-corrected chi connectivity index (χ4v) is 4.15. The Balaban J connectivity index is 1.13. The van der Waals surface area contributed by atoms with E-state index in [0.717, 1.165) is 68.4 Å². The van der Waals surface area contributed by atoms with Crippen LogP contribution >= 0.6 is 0 Å². The van der Waals surface area contributed by atoms with Crippen molar-refractivity contribution in [3.05, 3.63) is 71.9 Å². The molecule has 1 amide bonds. The number of aromatic nitrogens is 1. The normalized spacial score (nSPS) is 15.4. The molecular formula is C26H28F3N3O2. The van der Waals surface area contributed by atoms with Crippen molar-refractivity contribution in [2.45, 2.75) is 38.0 Å². The van der Waals surface area contributed by atoms with Crippen LogP contribution in [0.2, 0.25) is 0 Å². The summed E-state index contributed by atoms with van der Waals surface area (Å²) < 4.78 is 44.4. The molecule has 8 heteroatoms. The molecule has 1 aliphatic rings. The number of para-hydroxylation sites is 1. The van der Waals surface area contributed by atoms with E-state index in [1.807, 2.05) is 30.3 Å². The maximum Gasteiger partial charge on any atom is 0.416 e. The van der Waals surface area contributed by atoms with Gasteiger partial charge in [0, 0.05) is 31.2 Å². The zero-order valence-corrected chi connectivity index (χ0v) is 18.9. The van der Waals surface area contributed by atoms with Crippen LogP contribution in [0.1, 0.15) is 41.6 Å². The van der Waals surface area contributed by atoms with Crippen LogP contribution in [-0.2, 0) is 6.18 Å². The molecule has 3 aromatic rings. The molecule has 2 heterocycles. The van der Waals surface area contributed by atoms with E-state index in [4.69, 9.17) is 4.74 Å². The Hall–Kier alpha value is -3.13. The minimum absolute atomic E-state index is 0.0745. The number of benzene rings is 2. The number of nitrogens with one attached hydrogen (secondary N) is 1. The van der Waals surface area contributed by atoms with Gasteiger partial charge in [-0.05, 0) is 62.6 Å². The van der Waals surface area contributed by atoms with Gasteiger partial charge in [-0.15, -0.1) is 0 Å².